The number of anilines is 1. The highest BCUT2D eigenvalue weighted by atomic mass is 32.1. The average Bonchev–Trinajstić information content (AvgIpc) is 2.30. The van der Waals surface area contributed by atoms with Gasteiger partial charge in [-0.2, -0.15) is 0 Å². The van der Waals surface area contributed by atoms with E-state index in [1.165, 1.54) is 37.8 Å². The third kappa shape index (κ3) is 2.24. The fraction of sp³-hybridized carbons (Fsp3) is 0.500. The zero-order valence-corrected chi connectivity index (χ0v) is 9.29. The molecule has 1 nitrogen and oxygen atoms in total. The van der Waals surface area contributed by atoms with Gasteiger partial charge in [-0.05, 0) is 25.0 Å². The molecule has 1 aliphatic rings. The molecule has 1 aromatic carbocycles. The lowest BCUT2D eigenvalue weighted by Gasteiger charge is -2.31. The Morgan fingerprint density at radius 3 is 2.29 bits per heavy atom. The first-order valence-electron chi connectivity index (χ1n) is 5.41. The number of rotatable bonds is 2. The van der Waals surface area contributed by atoms with Gasteiger partial charge in [-0.25, -0.2) is 0 Å². The largest absolute Gasteiger partial charge is 0.316 e. The summed E-state index contributed by atoms with van der Waals surface area (Å²) in [6, 6.07) is 11.1. The molecule has 0 saturated heterocycles. The van der Waals surface area contributed by atoms with Gasteiger partial charge < -0.3 is 4.31 Å². The van der Waals surface area contributed by atoms with Crippen molar-refractivity contribution in [2.45, 2.75) is 38.1 Å². The summed E-state index contributed by atoms with van der Waals surface area (Å²) >= 11 is 4.60. The summed E-state index contributed by atoms with van der Waals surface area (Å²) in [5.41, 5.74) is 1.22. The fourth-order valence-corrected chi connectivity index (χ4v) is 2.48. The standard InChI is InChI=1S/C12H17NS/c14-13(11-7-3-1-4-8-11)12-9-5-2-6-10-12/h1,3-4,7-8,12,14H,2,5-6,9-10H2. The van der Waals surface area contributed by atoms with Gasteiger partial charge in [-0.15, -0.1) is 0 Å². The lowest BCUT2D eigenvalue weighted by atomic mass is 9.95. The van der Waals surface area contributed by atoms with E-state index in [4.69, 9.17) is 0 Å². The van der Waals surface area contributed by atoms with E-state index < -0.39 is 0 Å². The van der Waals surface area contributed by atoms with E-state index in [2.05, 4.69) is 41.4 Å². The minimum atomic E-state index is 0.634. The summed E-state index contributed by atoms with van der Waals surface area (Å²) in [6.45, 7) is 0. The van der Waals surface area contributed by atoms with E-state index >= 15 is 0 Å². The predicted molar refractivity (Wildman–Crippen MR) is 64.8 cm³/mol. The van der Waals surface area contributed by atoms with Crippen LogP contribution in [-0.4, -0.2) is 6.04 Å². The summed E-state index contributed by atoms with van der Waals surface area (Å²) in [5, 5.41) is 0. The number of hydrogen-bond acceptors (Lipinski definition) is 2. The number of nitrogens with zero attached hydrogens (tertiary/aromatic N) is 1. The van der Waals surface area contributed by atoms with Crippen LogP contribution in [0, 0.1) is 0 Å². The summed E-state index contributed by atoms with van der Waals surface area (Å²) in [6.07, 6.45) is 6.69. The highest BCUT2D eigenvalue weighted by molar-refractivity contribution is 7.81. The smallest absolute Gasteiger partial charge is 0.0470 e. The Bertz CT molecular complexity index is 267. The lowest BCUT2D eigenvalue weighted by Crippen LogP contribution is -2.28. The van der Waals surface area contributed by atoms with Crippen LogP contribution in [0.25, 0.3) is 0 Å². The summed E-state index contributed by atoms with van der Waals surface area (Å²) < 4.78 is 2.14. The minimum Gasteiger partial charge on any atom is -0.316 e. The number of benzene rings is 1. The molecule has 1 aliphatic carbocycles. The summed E-state index contributed by atoms with van der Waals surface area (Å²) in [4.78, 5) is 0. The second-order valence-electron chi connectivity index (χ2n) is 3.97. The van der Waals surface area contributed by atoms with Gasteiger partial charge in [0.15, 0.2) is 0 Å². The minimum absolute atomic E-state index is 0.634. The zero-order valence-electron chi connectivity index (χ0n) is 8.39. The van der Waals surface area contributed by atoms with Crippen LogP contribution in [0.3, 0.4) is 0 Å². The second-order valence-corrected chi connectivity index (χ2v) is 4.40. The second kappa shape index (κ2) is 4.74. The highest BCUT2D eigenvalue weighted by Crippen LogP contribution is 2.28. The Morgan fingerprint density at radius 2 is 1.64 bits per heavy atom. The summed E-state index contributed by atoms with van der Waals surface area (Å²) in [5.74, 6) is 0. The Labute approximate surface area is 91.7 Å². The molecular formula is C12H17NS. The van der Waals surface area contributed by atoms with Crippen molar-refractivity contribution >= 4 is 18.5 Å². The van der Waals surface area contributed by atoms with Crippen molar-refractivity contribution in [3.05, 3.63) is 30.3 Å². The molecule has 2 heteroatoms. The molecule has 0 atom stereocenters. The topological polar surface area (TPSA) is 3.24 Å². The van der Waals surface area contributed by atoms with Crippen molar-refractivity contribution in [1.29, 1.82) is 0 Å². The Kier molecular flexibility index (Phi) is 3.35. The molecule has 1 fully saturated rings. The van der Waals surface area contributed by atoms with Gasteiger partial charge in [0, 0.05) is 11.7 Å². The van der Waals surface area contributed by atoms with E-state index in [9.17, 15) is 0 Å². The third-order valence-electron chi connectivity index (χ3n) is 2.94. The average molecular weight is 207 g/mol. The molecule has 0 unspecified atom stereocenters. The van der Waals surface area contributed by atoms with Crippen LogP contribution in [0.5, 0.6) is 0 Å². The maximum absolute atomic E-state index is 4.60. The van der Waals surface area contributed by atoms with E-state index in [1.807, 2.05) is 6.07 Å². The fourth-order valence-electron chi connectivity index (χ4n) is 2.12. The monoisotopic (exact) mass is 207 g/mol. The SMILES string of the molecule is SN(c1ccccc1)C1CCCCC1. The molecule has 0 amide bonds. The molecule has 0 heterocycles. The third-order valence-corrected chi connectivity index (χ3v) is 3.50. The first-order valence-corrected chi connectivity index (χ1v) is 5.81. The van der Waals surface area contributed by atoms with Crippen LogP contribution in [0.4, 0.5) is 5.69 Å². The van der Waals surface area contributed by atoms with E-state index in [0.29, 0.717) is 6.04 Å². The van der Waals surface area contributed by atoms with Gasteiger partial charge in [0.1, 0.15) is 0 Å². The van der Waals surface area contributed by atoms with Crippen molar-refractivity contribution in [3.8, 4) is 0 Å². The van der Waals surface area contributed by atoms with Crippen molar-refractivity contribution < 1.29 is 0 Å². The van der Waals surface area contributed by atoms with Gasteiger partial charge >= 0.3 is 0 Å². The number of thiol groups is 1. The van der Waals surface area contributed by atoms with Crippen molar-refractivity contribution in [1.82, 2.24) is 0 Å². The van der Waals surface area contributed by atoms with Crippen molar-refractivity contribution in [2.24, 2.45) is 0 Å². The van der Waals surface area contributed by atoms with E-state index in [-0.39, 0.29) is 0 Å². The van der Waals surface area contributed by atoms with Crippen LogP contribution in [-0.2, 0) is 0 Å². The van der Waals surface area contributed by atoms with Crippen molar-refractivity contribution in [2.75, 3.05) is 4.31 Å². The quantitative estimate of drug-likeness (QED) is 0.724. The number of para-hydroxylation sites is 1. The van der Waals surface area contributed by atoms with Crippen LogP contribution < -0.4 is 4.31 Å². The van der Waals surface area contributed by atoms with Gasteiger partial charge in [-0.1, -0.05) is 50.3 Å². The van der Waals surface area contributed by atoms with Gasteiger partial charge in [0.05, 0.1) is 0 Å². The Morgan fingerprint density at radius 1 is 1.00 bits per heavy atom. The lowest BCUT2D eigenvalue weighted by molar-refractivity contribution is 0.447. The molecule has 0 aliphatic heterocycles. The Hall–Kier alpha value is -0.630. The maximum Gasteiger partial charge on any atom is 0.0470 e. The molecule has 76 valence electrons. The molecule has 0 aromatic heterocycles. The van der Waals surface area contributed by atoms with Crippen LogP contribution in [0.15, 0.2) is 30.3 Å². The van der Waals surface area contributed by atoms with Crippen LogP contribution >= 0.6 is 12.8 Å². The number of hydrogen-bond donors (Lipinski definition) is 1. The zero-order chi connectivity index (χ0) is 9.80. The van der Waals surface area contributed by atoms with E-state index in [1.54, 1.807) is 0 Å². The predicted octanol–water partition coefficient (Wildman–Crippen LogP) is 3.67. The molecule has 1 saturated carbocycles. The molecule has 1 aromatic rings. The Balaban J connectivity index is 2.03. The first-order chi connectivity index (χ1) is 6.88. The molecule has 0 radical (unpaired) electrons. The molecule has 0 bridgehead atoms. The summed E-state index contributed by atoms with van der Waals surface area (Å²) in [7, 11) is 0. The first kappa shape index (κ1) is 9.91. The van der Waals surface area contributed by atoms with Crippen molar-refractivity contribution in [3.63, 3.8) is 0 Å². The molecular weight excluding hydrogens is 190 g/mol. The van der Waals surface area contributed by atoms with Gasteiger partial charge in [0.25, 0.3) is 0 Å². The van der Waals surface area contributed by atoms with E-state index in [0.717, 1.165) is 0 Å². The molecule has 14 heavy (non-hydrogen) atoms. The normalized spacial score (nSPS) is 18.1. The van der Waals surface area contributed by atoms with Gasteiger partial charge in [0.2, 0.25) is 0 Å². The van der Waals surface area contributed by atoms with Crippen LogP contribution in [0.2, 0.25) is 0 Å². The molecule has 2 rings (SSSR count). The van der Waals surface area contributed by atoms with Crippen LogP contribution in [0.1, 0.15) is 32.1 Å². The molecule has 0 spiro atoms. The molecule has 0 N–H and O–H groups in total. The highest BCUT2D eigenvalue weighted by Gasteiger charge is 2.18. The maximum atomic E-state index is 4.60. The van der Waals surface area contributed by atoms with Gasteiger partial charge in [-0.3, -0.25) is 0 Å².